The molecule has 2 rings (SSSR count). The molecule has 1 aliphatic carbocycles. The fourth-order valence-electron chi connectivity index (χ4n) is 2.75. The standard InChI is InChI=1S/C16H25NO2/c1-13-4-5-15(19-2)14(10-13)6-9-17-11-16(12-18)7-3-8-16/h4-5,10,17-18H,3,6-9,11-12H2,1-2H3. The van der Waals surface area contributed by atoms with Gasteiger partial charge in [-0.3, -0.25) is 0 Å². The van der Waals surface area contributed by atoms with Crippen molar-refractivity contribution in [3.05, 3.63) is 29.3 Å². The Labute approximate surface area is 116 Å². The van der Waals surface area contributed by atoms with Gasteiger partial charge >= 0.3 is 0 Å². The number of aliphatic hydroxyl groups excluding tert-OH is 1. The third-order valence-corrected chi connectivity index (χ3v) is 4.26. The Bertz CT molecular complexity index is 408. The largest absolute Gasteiger partial charge is 0.496 e. The highest BCUT2D eigenvalue weighted by Crippen LogP contribution is 2.39. The second-order valence-corrected chi connectivity index (χ2v) is 5.75. The molecule has 1 aliphatic rings. The van der Waals surface area contributed by atoms with Crippen LogP contribution in [-0.2, 0) is 6.42 Å². The third-order valence-electron chi connectivity index (χ3n) is 4.26. The molecule has 19 heavy (non-hydrogen) atoms. The van der Waals surface area contributed by atoms with Gasteiger partial charge in [-0.1, -0.05) is 24.1 Å². The fraction of sp³-hybridized carbons (Fsp3) is 0.625. The maximum Gasteiger partial charge on any atom is 0.122 e. The molecule has 1 saturated carbocycles. The lowest BCUT2D eigenvalue weighted by molar-refractivity contribution is 0.0450. The fourth-order valence-corrected chi connectivity index (χ4v) is 2.75. The molecule has 2 N–H and O–H groups in total. The van der Waals surface area contributed by atoms with E-state index in [9.17, 15) is 5.11 Å². The van der Waals surface area contributed by atoms with E-state index in [0.717, 1.165) is 38.1 Å². The maximum atomic E-state index is 9.41. The zero-order valence-corrected chi connectivity index (χ0v) is 12.0. The number of benzene rings is 1. The van der Waals surface area contributed by atoms with Crippen molar-refractivity contribution in [3.63, 3.8) is 0 Å². The van der Waals surface area contributed by atoms with Crippen molar-refractivity contribution in [2.24, 2.45) is 5.41 Å². The molecule has 0 bridgehead atoms. The predicted molar refractivity (Wildman–Crippen MR) is 77.7 cm³/mol. The lowest BCUT2D eigenvalue weighted by atomic mass is 9.69. The van der Waals surface area contributed by atoms with Crippen LogP contribution < -0.4 is 10.1 Å². The Morgan fingerprint density at radius 3 is 2.74 bits per heavy atom. The SMILES string of the molecule is COc1ccc(C)cc1CCNCC1(CO)CCC1. The van der Waals surface area contributed by atoms with Gasteiger partial charge < -0.3 is 15.2 Å². The van der Waals surface area contributed by atoms with Crippen molar-refractivity contribution >= 4 is 0 Å². The van der Waals surface area contributed by atoms with Crippen molar-refractivity contribution in [1.29, 1.82) is 0 Å². The van der Waals surface area contributed by atoms with E-state index in [0.29, 0.717) is 6.61 Å². The van der Waals surface area contributed by atoms with Crippen LogP contribution in [0.15, 0.2) is 18.2 Å². The van der Waals surface area contributed by atoms with Gasteiger partial charge in [0.25, 0.3) is 0 Å². The Kier molecular flexibility index (Phi) is 4.83. The third kappa shape index (κ3) is 3.48. The average molecular weight is 263 g/mol. The zero-order valence-electron chi connectivity index (χ0n) is 12.0. The van der Waals surface area contributed by atoms with Crippen LogP contribution in [0.2, 0.25) is 0 Å². The van der Waals surface area contributed by atoms with Crippen LogP contribution in [0.3, 0.4) is 0 Å². The van der Waals surface area contributed by atoms with Gasteiger partial charge in [0, 0.05) is 18.6 Å². The molecule has 0 amide bonds. The maximum absolute atomic E-state index is 9.41. The van der Waals surface area contributed by atoms with Gasteiger partial charge in [-0.25, -0.2) is 0 Å². The lowest BCUT2D eigenvalue weighted by Gasteiger charge is -2.40. The van der Waals surface area contributed by atoms with Gasteiger partial charge in [0.15, 0.2) is 0 Å². The van der Waals surface area contributed by atoms with Gasteiger partial charge in [0.1, 0.15) is 5.75 Å². The quantitative estimate of drug-likeness (QED) is 0.742. The first-order valence-electron chi connectivity index (χ1n) is 7.14. The van der Waals surface area contributed by atoms with E-state index < -0.39 is 0 Å². The molecule has 3 nitrogen and oxygen atoms in total. The molecule has 3 heteroatoms. The van der Waals surface area contributed by atoms with E-state index in [1.165, 1.54) is 17.5 Å². The van der Waals surface area contributed by atoms with Crippen LogP contribution in [-0.4, -0.2) is 31.9 Å². The van der Waals surface area contributed by atoms with E-state index in [1.807, 2.05) is 6.07 Å². The summed E-state index contributed by atoms with van der Waals surface area (Å²) in [5.74, 6) is 0.966. The van der Waals surface area contributed by atoms with Gasteiger partial charge in [0.05, 0.1) is 7.11 Å². The number of ether oxygens (including phenoxy) is 1. The van der Waals surface area contributed by atoms with E-state index >= 15 is 0 Å². The summed E-state index contributed by atoms with van der Waals surface area (Å²) in [5, 5.41) is 12.9. The summed E-state index contributed by atoms with van der Waals surface area (Å²) >= 11 is 0. The molecule has 0 heterocycles. The molecule has 0 unspecified atom stereocenters. The molecule has 1 aromatic rings. The van der Waals surface area contributed by atoms with Gasteiger partial charge in [-0.15, -0.1) is 0 Å². The molecule has 0 spiro atoms. The number of hydrogen-bond donors (Lipinski definition) is 2. The summed E-state index contributed by atoms with van der Waals surface area (Å²) in [7, 11) is 1.72. The van der Waals surface area contributed by atoms with Crippen LogP contribution in [0.5, 0.6) is 5.75 Å². The Balaban J connectivity index is 1.80. The van der Waals surface area contributed by atoms with Gasteiger partial charge in [0.2, 0.25) is 0 Å². The number of rotatable bonds is 7. The van der Waals surface area contributed by atoms with Crippen molar-refractivity contribution in [2.45, 2.75) is 32.6 Å². The first kappa shape index (κ1) is 14.4. The average Bonchev–Trinajstić information content (AvgIpc) is 2.37. The number of nitrogens with one attached hydrogen (secondary N) is 1. The minimum Gasteiger partial charge on any atom is -0.496 e. The van der Waals surface area contributed by atoms with Crippen molar-refractivity contribution < 1.29 is 9.84 Å². The normalized spacial score (nSPS) is 17.0. The zero-order chi connectivity index (χ0) is 13.7. The smallest absolute Gasteiger partial charge is 0.122 e. The molecule has 1 fully saturated rings. The van der Waals surface area contributed by atoms with Crippen molar-refractivity contribution in [3.8, 4) is 5.75 Å². The predicted octanol–water partition coefficient (Wildman–Crippen LogP) is 2.30. The highest BCUT2D eigenvalue weighted by atomic mass is 16.5. The molecule has 106 valence electrons. The van der Waals surface area contributed by atoms with E-state index in [4.69, 9.17) is 4.74 Å². The molecule has 0 radical (unpaired) electrons. The molecule has 0 aliphatic heterocycles. The van der Waals surface area contributed by atoms with Crippen LogP contribution in [0.4, 0.5) is 0 Å². The van der Waals surface area contributed by atoms with E-state index in [2.05, 4.69) is 24.4 Å². The summed E-state index contributed by atoms with van der Waals surface area (Å²) in [5.41, 5.74) is 2.68. The van der Waals surface area contributed by atoms with Crippen molar-refractivity contribution in [1.82, 2.24) is 5.32 Å². The summed E-state index contributed by atoms with van der Waals surface area (Å²) in [6.45, 7) is 4.28. The van der Waals surface area contributed by atoms with Gasteiger partial charge in [-0.2, -0.15) is 0 Å². The van der Waals surface area contributed by atoms with E-state index in [-0.39, 0.29) is 5.41 Å². The molecule has 1 aromatic carbocycles. The first-order valence-corrected chi connectivity index (χ1v) is 7.14. The number of aryl methyl sites for hydroxylation is 1. The Morgan fingerprint density at radius 1 is 1.37 bits per heavy atom. The number of aliphatic hydroxyl groups is 1. The first-order chi connectivity index (χ1) is 9.19. The van der Waals surface area contributed by atoms with Crippen molar-refractivity contribution in [2.75, 3.05) is 26.8 Å². The summed E-state index contributed by atoms with van der Waals surface area (Å²) in [6, 6.07) is 6.29. The molecule has 0 atom stereocenters. The number of methoxy groups -OCH3 is 1. The Hall–Kier alpha value is -1.06. The molecule has 0 saturated heterocycles. The molecule has 0 aromatic heterocycles. The minimum atomic E-state index is 0.163. The van der Waals surface area contributed by atoms with Crippen LogP contribution in [0.25, 0.3) is 0 Å². The minimum absolute atomic E-state index is 0.163. The molecular formula is C16H25NO2. The second kappa shape index (κ2) is 6.40. The van der Waals surface area contributed by atoms with Crippen LogP contribution >= 0.6 is 0 Å². The topological polar surface area (TPSA) is 41.5 Å². The van der Waals surface area contributed by atoms with Crippen LogP contribution in [0, 0.1) is 12.3 Å². The molecular weight excluding hydrogens is 238 g/mol. The summed E-state index contributed by atoms with van der Waals surface area (Å²) in [6.07, 6.45) is 4.54. The highest BCUT2D eigenvalue weighted by Gasteiger charge is 2.35. The monoisotopic (exact) mass is 263 g/mol. The lowest BCUT2D eigenvalue weighted by Crippen LogP contribution is -2.43. The van der Waals surface area contributed by atoms with E-state index in [1.54, 1.807) is 7.11 Å². The second-order valence-electron chi connectivity index (χ2n) is 5.75. The summed E-state index contributed by atoms with van der Waals surface area (Å²) in [4.78, 5) is 0. The highest BCUT2D eigenvalue weighted by molar-refractivity contribution is 5.37. The van der Waals surface area contributed by atoms with Crippen LogP contribution in [0.1, 0.15) is 30.4 Å². The summed E-state index contributed by atoms with van der Waals surface area (Å²) < 4.78 is 5.38. The van der Waals surface area contributed by atoms with Gasteiger partial charge in [-0.05, 0) is 44.4 Å². The number of hydrogen-bond acceptors (Lipinski definition) is 3. The Morgan fingerprint density at radius 2 is 2.16 bits per heavy atom.